The molecule has 0 heterocycles. The zero-order valence-corrected chi connectivity index (χ0v) is 16.0. The summed E-state index contributed by atoms with van der Waals surface area (Å²) in [6.45, 7) is 9.58. The molecule has 1 aromatic rings. The Balaban J connectivity index is 2.68. The molecule has 2 amide bonds. The van der Waals surface area contributed by atoms with E-state index >= 15 is 0 Å². The van der Waals surface area contributed by atoms with E-state index in [1.165, 1.54) is 0 Å². The monoisotopic (exact) mass is 348 g/mol. The summed E-state index contributed by atoms with van der Waals surface area (Å²) in [5.41, 5.74) is 1.07. The van der Waals surface area contributed by atoms with Crippen LogP contribution in [-0.4, -0.2) is 35.1 Å². The van der Waals surface area contributed by atoms with Crippen LogP contribution in [0.15, 0.2) is 30.3 Å². The summed E-state index contributed by atoms with van der Waals surface area (Å²) in [6, 6.07) is 9.11. The van der Waals surface area contributed by atoms with Gasteiger partial charge in [0, 0.05) is 6.04 Å². The highest BCUT2D eigenvalue weighted by molar-refractivity contribution is 5.89. The number of aliphatic hydroxyl groups excluding tert-OH is 1. The molecule has 0 aromatic heterocycles. The Hall–Kier alpha value is -1.88. The second kappa shape index (κ2) is 10.2. The number of aliphatic hydroxyl groups is 1. The molecule has 1 aromatic carbocycles. The lowest BCUT2D eigenvalue weighted by Crippen LogP contribution is -2.52. The largest absolute Gasteiger partial charge is 0.383 e. The zero-order chi connectivity index (χ0) is 19.0. The van der Waals surface area contributed by atoms with Crippen LogP contribution in [0.1, 0.15) is 46.6 Å². The van der Waals surface area contributed by atoms with Crippen molar-refractivity contribution in [1.82, 2.24) is 10.6 Å². The van der Waals surface area contributed by atoms with E-state index in [2.05, 4.69) is 10.6 Å². The molecule has 25 heavy (non-hydrogen) atoms. The van der Waals surface area contributed by atoms with Crippen LogP contribution in [0.5, 0.6) is 0 Å². The summed E-state index contributed by atoms with van der Waals surface area (Å²) in [5.74, 6) is -0.690. The van der Waals surface area contributed by atoms with Crippen molar-refractivity contribution in [3.05, 3.63) is 35.9 Å². The lowest BCUT2D eigenvalue weighted by molar-refractivity contribution is -0.136. The van der Waals surface area contributed by atoms with E-state index < -0.39 is 18.1 Å². The fourth-order valence-corrected chi connectivity index (χ4v) is 2.70. The van der Waals surface area contributed by atoms with E-state index in [0.717, 1.165) is 5.56 Å². The van der Waals surface area contributed by atoms with Crippen molar-refractivity contribution in [2.45, 2.75) is 65.6 Å². The summed E-state index contributed by atoms with van der Waals surface area (Å²) in [7, 11) is 0. The fourth-order valence-electron chi connectivity index (χ4n) is 2.70. The van der Waals surface area contributed by atoms with Crippen molar-refractivity contribution in [1.29, 1.82) is 0 Å². The number of carbonyl (C=O) groups excluding carboxylic acids is 2. The molecule has 0 aliphatic heterocycles. The number of nitrogens with one attached hydrogen (secondary N) is 2. The van der Waals surface area contributed by atoms with Gasteiger partial charge in [-0.1, -0.05) is 51.1 Å². The SMILES string of the molecule is CC(C)C[C@H](NC(=O)[C@@H](O)[C@H](C)Cc1ccccc1)C(=O)NC(C)C. The topological polar surface area (TPSA) is 78.4 Å². The van der Waals surface area contributed by atoms with Crippen LogP contribution in [0.25, 0.3) is 0 Å². The van der Waals surface area contributed by atoms with Crippen molar-refractivity contribution in [2.75, 3.05) is 0 Å². The molecule has 3 atom stereocenters. The van der Waals surface area contributed by atoms with E-state index in [4.69, 9.17) is 0 Å². The van der Waals surface area contributed by atoms with Gasteiger partial charge in [-0.2, -0.15) is 0 Å². The summed E-state index contributed by atoms with van der Waals surface area (Å²) in [4.78, 5) is 24.7. The third-order valence-corrected chi connectivity index (χ3v) is 3.98. The molecule has 1 rings (SSSR count). The van der Waals surface area contributed by atoms with Crippen LogP contribution >= 0.6 is 0 Å². The van der Waals surface area contributed by atoms with E-state index in [-0.39, 0.29) is 23.8 Å². The van der Waals surface area contributed by atoms with Gasteiger partial charge in [0.1, 0.15) is 12.1 Å². The average Bonchev–Trinajstić information content (AvgIpc) is 2.53. The lowest BCUT2D eigenvalue weighted by Gasteiger charge is -2.24. The Morgan fingerprint density at radius 3 is 2.08 bits per heavy atom. The molecule has 5 nitrogen and oxygen atoms in total. The lowest BCUT2D eigenvalue weighted by atomic mass is 9.94. The van der Waals surface area contributed by atoms with E-state index in [9.17, 15) is 14.7 Å². The average molecular weight is 348 g/mol. The number of hydrogen-bond acceptors (Lipinski definition) is 3. The predicted molar refractivity (Wildman–Crippen MR) is 100.0 cm³/mol. The van der Waals surface area contributed by atoms with Crippen molar-refractivity contribution in [2.24, 2.45) is 11.8 Å². The van der Waals surface area contributed by atoms with E-state index in [1.54, 1.807) is 0 Å². The number of hydrogen-bond donors (Lipinski definition) is 3. The number of amides is 2. The molecule has 5 heteroatoms. The maximum absolute atomic E-state index is 12.4. The van der Waals surface area contributed by atoms with Crippen LogP contribution < -0.4 is 10.6 Å². The van der Waals surface area contributed by atoms with Crippen LogP contribution in [0.3, 0.4) is 0 Å². The summed E-state index contributed by atoms with van der Waals surface area (Å²) >= 11 is 0. The Morgan fingerprint density at radius 2 is 1.56 bits per heavy atom. The molecule has 0 aliphatic carbocycles. The molecule has 0 bridgehead atoms. The predicted octanol–water partition coefficient (Wildman–Crippen LogP) is 2.28. The van der Waals surface area contributed by atoms with Crippen LogP contribution in [0.4, 0.5) is 0 Å². The smallest absolute Gasteiger partial charge is 0.249 e. The van der Waals surface area contributed by atoms with Crippen LogP contribution in [0.2, 0.25) is 0 Å². The van der Waals surface area contributed by atoms with E-state index in [1.807, 2.05) is 65.0 Å². The molecular weight excluding hydrogens is 316 g/mol. The maximum Gasteiger partial charge on any atom is 0.249 e. The van der Waals surface area contributed by atoms with Gasteiger partial charge in [-0.25, -0.2) is 0 Å². The van der Waals surface area contributed by atoms with Gasteiger partial charge < -0.3 is 15.7 Å². The molecule has 0 radical (unpaired) electrons. The number of benzene rings is 1. The number of rotatable bonds is 9. The number of carbonyl (C=O) groups is 2. The molecule has 0 spiro atoms. The van der Waals surface area contributed by atoms with Gasteiger partial charge in [-0.3, -0.25) is 9.59 Å². The maximum atomic E-state index is 12.4. The van der Waals surface area contributed by atoms with Gasteiger partial charge in [-0.05, 0) is 44.1 Å². The summed E-state index contributed by atoms with van der Waals surface area (Å²) in [6.07, 6.45) is -0.0197. The minimum absolute atomic E-state index is 0.000919. The van der Waals surface area contributed by atoms with Gasteiger partial charge in [0.15, 0.2) is 0 Å². The van der Waals surface area contributed by atoms with Gasteiger partial charge in [0.05, 0.1) is 0 Å². The summed E-state index contributed by atoms with van der Waals surface area (Å²) < 4.78 is 0. The minimum Gasteiger partial charge on any atom is -0.383 e. The third kappa shape index (κ3) is 7.69. The van der Waals surface area contributed by atoms with Crippen molar-refractivity contribution in [3.63, 3.8) is 0 Å². The van der Waals surface area contributed by atoms with Crippen molar-refractivity contribution >= 4 is 11.8 Å². The molecule has 0 fully saturated rings. The first-order chi connectivity index (χ1) is 11.7. The first kappa shape index (κ1) is 21.2. The highest BCUT2D eigenvalue weighted by Gasteiger charge is 2.28. The van der Waals surface area contributed by atoms with E-state index in [0.29, 0.717) is 12.8 Å². The first-order valence-corrected chi connectivity index (χ1v) is 9.03. The summed E-state index contributed by atoms with van der Waals surface area (Å²) in [5, 5.41) is 15.9. The molecule has 140 valence electrons. The first-order valence-electron chi connectivity index (χ1n) is 9.03. The van der Waals surface area contributed by atoms with Crippen molar-refractivity contribution in [3.8, 4) is 0 Å². The van der Waals surface area contributed by atoms with Gasteiger partial charge >= 0.3 is 0 Å². The Kier molecular flexibility index (Phi) is 8.62. The zero-order valence-electron chi connectivity index (χ0n) is 16.0. The van der Waals surface area contributed by atoms with Gasteiger partial charge in [0.25, 0.3) is 0 Å². The second-order valence-electron chi connectivity index (χ2n) is 7.47. The highest BCUT2D eigenvalue weighted by Crippen LogP contribution is 2.13. The molecule has 0 aliphatic rings. The van der Waals surface area contributed by atoms with Crippen LogP contribution in [-0.2, 0) is 16.0 Å². The van der Waals surface area contributed by atoms with Gasteiger partial charge in [0.2, 0.25) is 11.8 Å². The third-order valence-electron chi connectivity index (χ3n) is 3.98. The Bertz CT molecular complexity index is 543. The van der Waals surface area contributed by atoms with Crippen LogP contribution in [0, 0.1) is 11.8 Å². The highest BCUT2D eigenvalue weighted by atomic mass is 16.3. The molecule has 0 saturated heterocycles. The Morgan fingerprint density at radius 1 is 0.960 bits per heavy atom. The fraction of sp³-hybridized carbons (Fsp3) is 0.600. The molecule has 0 saturated carbocycles. The van der Waals surface area contributed by atoms with Crippen molar-refractivity contribution < 1.29 is 14.7 Å². The Labute approximate surface area is 151 Å². The molecule has 3 N–H and O–H groups in total. The second-order valence-corrected chi connectivity index (χ2v) is 7.47. The quantitative estimate of drug-likeness (QED) is 0.641. The van der Waals surface area contributed by atoms with Gasteiger partial charge in [-0.15, -0.1) is 0 Å². The minimum atomic E-state index is -1.15. The molecule has 0 unspecified atom stereocenters. The normalized spacial score (nSPS) is 14.9. The molecular formula is C20H32N2O3. The standard InChI is InChI=1S/C20H32N2O3/c1-13(2)11-17(19(24)21-14(3)4)22-20(25)18(23)15(5)12-16-9-7-6-8-10-16/h6-10,13-15,17-18,23H,11-12H2,1-5H3,(H,21,24)(H,22,25)/t15-,17+,18+/m1/s1.